The maximum absolute atomic E-state index is 5.51. The molecule has 1 aliphatic heterocycles. The third-order valence-corrected chi connectivity index (χ3v) is 6.35. The van der Waals surface area contributed by atoms with E-state index in [0.717, 1.165) is 19.6 Å². The first kappa shape index (κ1) is 12.1. The van der Waals surface area contributed by atoms with Crippen molar-refractivity contribution in [3.8, 4) is 0 Å². The molecule has 0 radical (unpaired) electrons. The van der Waals surface area contributed by atoms with Gasteiger partial charge in [-0.2, -0.15) is 0 Å². The summed E-state index contributed by atoms with van der Waals surface area (Å²) in [4.78, 5) is 0. The Balaban J connectivity index is 2.39. The lowest BCUT2D eigenvalue weighted by Crippen LogP contribution is -2.56. The van der Waals surface area contributed by atoms with Gasteiger partial charge in [-0.3, -0.25) is 0 Å². The van der Waals surface area contributed by atoms with Crippen molar-refractivity contribution in [2.24, 2.45) is 0 Å². The Morgan fingerprint density at radius 3 is 2.43 bits per heavy atom. The minimum Gasteiger partial charge on any atom is -0.397 e. The van der Waals surface area contributed by atoms with Crippen molar-refractivity contribution in [1.82, 2.24) is 5.32 Å². The highest BCUT2D eigenvalue weighted by Crippen LogP contribution is 2.15. The van der Waals surface area contributed by atoms with E-state index >= 15 is 0 Å². The maximum atomic E-state index is 5.51. The fraction of sp³-hybridized carbons (Fsp3) is 1.00. The quantitative estimate of drug-likeness (QED) is 0.504. The summed E-state index contributed by atoms with van der Waals surface area (Å²) in [5.74, 6) is 0. The normalized spacial score (nSPS) is 23.6. The molecule has 1 fully saturated rings. The van der Waals surface area contributed by atoms with Gasteiger partial charge in [0.2, 0.25) is 0 Å². The van der Waals surface area contributed by atoms with Crippen LogP contribution in [0.3, 0.4) is 0 Å². The monoisotopic (exact) mass is 219 g/mol. The van der Waals surface area contributed by atoms with E-state index in [0.29, 0.717) is 11.8 Å². The molecule has 2 atom stereocenters. The van der Waals surface area contributed by atoms with E-state index < -0.39 is 8.56 Å². The lowest BCUT2D eigenvalue weighted by molar-refractivity contribution is 0.227. The second kappa shape index (κ2) is 5.23. The van der Waals surface area contributed by atoms with E-state index in [4.69, 9.17) is 13.6 Å². The third kappa shape index (κ3) is 3.03. The van der Waals surface area contributed by atoms with Crippen molar-refractivity contribution in [3.05, 3.63) is 0 Å². The molecule has 0 aliphatic carbocycles. The van der Waals surface area contributed by atoms with Gasteiger partial charge < -0.3 is 18.9 Å². The molecule has 2 unspecified atom stereocenters. The molecule has 1 N–H and O–H groups in total. The average Bonchev–Trinajstić information content (AvgIpc) is 3.02. The van der Waals surface area contributed by atoms with Crippen LogP contribution in [0.2, 0.25) is 6.55 Å². The Bertz CT molecular complexity index is 171. The fourth-order valence-electron chi connectivity index (χ4n) is 1.53. The van der Waals surface area contributed by atoms with Gasteiger partial charge in [0.1, 0.15) is 0 Å². The van der Waals surface area contributed by atoms with Crippen LogP contribution in [0.5, 0.6) is 0 Å². The number of hydrogen-bond acceptors (Lipinski definition) is 4. The number of ether oxygens (including phenoxy) is 1. The Labute approximate surface area is 87.2 Å². The Morgan fingerprint density at radius 2 is 2.07 bits per heavy atom. The predicted molar refractivity (Wildman–Crippen MR) is 57.5 cm³/mol. The molecule has 5 heteroatoms. The fourth-order valence-corrected chi connectivity index (χ4v) is 3.49. The molecule has 4 nitrogen and oxygen atoms in total. The van der Waals surface area contributed by atoms with Crippen LogP contribution in [0.4, 0.5) is 0 Å². The summed E-state index contributed by atoms with van der Waals surface area (Å²) < 4.78 is 16.2. The standard InChI is InChI=1S/C9H21NO3Si/c1-5-9(10-6-8-7-13-8)14(4,11-2)12-3/h8-10H,5-7H2,1-4H3. The van der Waals surface area contributed by atoms with Crippen LogP contribution in [0.25, 0.3) is 0 Å². The Morgan fingerprint density at radius 1 is 1.50 bits per heavy atom. The molecular formula is C9H21NO3Si. The first-order valence-electron chi connectivity index (χ1n) is 5.11. The van der Waals surface area contributed by atoms with Gasteiger partial charge >= 0.3 is 8.56 Å². The third-order valence-electron chi connectivity index (χ3n) is 2.85. The van der Waals surface area contributed by atoms with Crippen LogP contribution < -0.4 is 5.32 Å². The van der Waals surface area contributed by atoms with Gasteiger partial charge in [-0.1, -0.05) is 6.92 Å². The van der Waals surface area contributed by atoms with Gasteiger partial charge in [0.05, 0.1) is 18.4 Å². The summed E-state index contributed by atoms with van der Waals surface area (Å²) in [7, 11) is 1.43. The molecule has 84 valence electrons. The average molecular weight is 219 g/mol. The van der Waals surface area contributed by atoms with Crippen LogP contribution in [-0.2, 0) is 13.6 Å². The highest BCUT2D eigenvalue weighted by atomic mass is 28.4. The summed E-state index contributed by atoms with van der Waals surface area (Å²) in [6.45, 7) is 6.03. The molecule has 0 saturated carbocycles. The van der Waals surface area contributed by atoms with Crippen LogP contribution in [0.1, 0.15) is 13.3 Å². The molecule has 0 aromatic carbocycles. The van der Waals surface area contributed by atoms with Gasteiger partial charge in [-0.15, -0.1) is 0 Å². The molecular weight excluding hydrogens is 198 g/mol. The summed E-state index contributed by atoms with van der Waals surface area (Å²) in [6.07, 6.45) is 1.44. The molecule has 1 saturated heterocycles. The second-order valence-electron chi connectivity index (χ2n) is 3.75. The Kier molecular flexibility index (Phi) is 4.53. The van der Waals surface area contributed by atoms with Gasteiger partial charge in [0, 0.05) is 20.8 Å². The van der Waals surface area contributed by atoms with Gasteiger partial charge in [-0.05, 0) is 13.0 Å². The molecule has 14 heavy (non-hydrogen) atoms. The summed E-state index contributed by atoms with van der Waals surface area (Å²) in [5.41, 5.74) is 0.335. The number of hydrogen-bond donors (Lipinski definition) is 1. The number of nitrogens with one attached hydrogen (secondary N) is 1. The minimum absolute atomic E-state index is 0.335. The van der Waals surface area contributed by atoms with Crippen molar-refractivity contribution in [1.29, 1.82) is 0 Å². The van der Waals surface area contributed by atoms with Crippen molar-refractivity contribution in [3.63, 3.8) is 0 Å². The molecule has 1 rings (SSSR count). The van der Waals surface area contributed by atoms with Crippen LogP contribution >= 0.6 is 0 Å². The minimum atomic E-state index is -2.03. The lowest BCUT2D eigenvalue weighted by atomic mass is 10.4. The molecule has 0 aromatic rings. The van der Waals surface area contributed by atoms with E-state index in [-0.39, 0.29) is 0 Å². The van der Waals surface area contributed by atoms with Gasteiger partial charge in [-0.25, -0.2) is 0 Å². The molecule has 1 heterocycles. The van der Waals surface area contributed by atoms with Gasteiger partial charge in [0.15, 0.2) is 0 Å². The van der Waals surface area contributed by atoms with Crippen molar-refractivity contribution < 1.29 is 13.6 Å². The highest BCUT2D eigenvalue weighted by Gasteiger charge is 2.39. The van der Waals surface area contributed by atoms with E-state index in [9.17, 15) is 0 Å². The largest absolute Gasteiger partial charge is 0.397 e. The summed E-state index contributed by atoms with van der Waals surface area (Å²) in [6, 6.07) is 0. The second-order valence-corrected chi connectivity index (χ2v) is 7.29. The molecule has 0 aromatic heterocycles. The number of epoxide rings is 1. The van der Waals surface area contributed by atoms with Crippen LogP contribution in [-0.4, -0.2) is 47.7 Å². The van der Waals surface area contributed by atoms with E-state index in [1.54, 1.807) is 14.2 Å². The maximum Gasteiger partial charge on any atom is 0.351 e. The van der Waals surface area contributed by atoms with Crippen molar-refractivity contribution in [2.75, 3.05) is 27.4 Å². The molecule has 0 amide bonds. The molecule has 0 spiro atoms. The first-order valence-corrected chi connectivity index (χ1v) is 7.51. The Hall–Kier alpha value is 0.0569. The summed E-state index contributed by atoms with van der Waals surface area (Å²) >= 11 is 0. The van der Waals surface area contributed by atoms with Crippen LogP contribution in [0.15, 0.2) is 0 Å². The molecule has 1 aliphatic rings. The smallest absolute Gasteiger partial charge is 0.351 e. The predicted octanol–water partition coefficient (Wildman–Crippen LogP) is 0.657. The van der Waals surface area contributed by atoms with E-state index in [1.807, 2.05) is 0 Å². The molecule has 0 bridgehead atoms. The number of rotatable bonds is 7. The van der Waals surface area contributed by atoms with Crippen molar-refractivity contribution >= 4 is 8.56 Å². The van der Waals surface area contributed by atoms with E-state index in [1.165, 1.54) is 0 Å². The first-order chi connectivity index (χ1) is 6.66. The summed E-state index contributed by atoms with van der Waals surface area (Å²) in [5, 5.41) is 3.46. The van der Waals surface area contributed by atoms with Crippen LogP contribution in [0, 0.1) is 0 Å². The van der Waals surface area contributed by atoms with E-state index in [2.05, 4.69) is 18.8 Å². The van der Waals surface area contributed by atoms with Gasteiger partial charge in [0.25, 0.3) is 0 Å². The highest BCUT2D eigenvalue weighted by molar-refractivity contribution is 6.67. The van der Waals surface area contributed by atoms with Crippen molar-refractivity contribution in [2.45, 2.75) is 31.7 Å². The zero-order chi connectivity index (χ0) is 10.6. The SMILES string of the molecule is CCC(NCC1CO1)[Si](C)(OC)OC. The lowest BCUT2D eigenvalue weighted by Gasteiger charge is -2.31. The zero-order valence-electron chi connectivity index (χ0n) is 9.50. The topological polar surface area (TPSA) is 43.0 Å². The zero-order valence-corrected chi connectivity index (χ0v) is 10.5.